The number of imidazole rings is 1. The fraction of sp³-hybridized carbons (Fsp3) is 0.556. The lowest BCUT2D eigenvalue weighted by atomic mass is 9.98. The Hall–Kier alpha value is -3.68. The Labute approximate surface area is 181 Å². The van der Waals surface area contributed by atoms with Crippen molar-refractivity contribution in [3.8, 4) is 5.88 Å². The van der Waals surface area contributed by atoms with Crippen molar-refractivity contribution in [2.45, 2.75) is 58.4 Å². The highest BCUT2D eigenvalue weighted by Crippen LogP contribution is 2.31. The highest BCUT2D eigenvalue weighted by molar-refractivity contribution is 5.93. The van der Waals surface area contributed by atoms with Crippen LogP contribution in [0.3, 0.4) is 0 Å². The smallest absolute Gasteiger partial charge is 0.303 e. The Bertz CT molecular complexity index is 883. The molecule has 1 aromatic rings. The monoisotopic (exact) mass is 457 g/mol. The molecule has 1 aliphatic heterocycles. The van der Waals surface area contributed by atoms with Gasteiger partial charge in [-0.05, 0) is 0 Å². The number of rotatable bonds is 8. The van der Waals surface area contributed by atoms with Gasteiger partial charge in [-0.3, -0.25) is 24.0 Å². The van der Waals surface area contributed by atoms with E-state index in [1.807, 2.05) is 0 Å². The molecular weight excluding hydrogens is 434 g/mol. The fourth-order valence-corrected chi connectivity index (χ4v) is 2.94. The Balaban J connectivity index is 2.48. The number of carbonyl (C=O) groups excluding carboxylic acids is 5. The number of H-pyrrole nitrogens is 1. The van der Waals surface area contributed by atoms with Crippen LogP contribution in [0.1, 0.15) is 38.2 Å². The van der Waals surface area contributed by atoms with Gasteiger partial charge < -0.3 is 39.1 Å². The maximum Gasteiger partial charge on any atom is 0.303 e. The highest BCUT2D eigenvalue weighted by atomic mass is 16.7. The van der Waals surface area contributed by atoms with Crippen molar-refractivity contribution in [3.63, 3.8) is 0 Å². The Morgan fingerprint density at radius 3 is 2.03 bits per heavy atom. The van der Waals surface area contributed by atoms with Gasteiger partial charge in [0.1, 0.15) is 12.7 Å². The number of carbonyl (C=O) groups is 5. The van der Waals surface area contributed by atoms with E-state index < -0.39 is 67.1 Å². The number of nitrogens with zero attached hydrogens (tertiary/aromatic N) is 1. The molecule has 0 aliphatic carbocycles. The van der Waals surface area contributed by atoms with Gasteiger partial charge in [-0.2, -0.15) is 0 Å². The summed E-state index contributed by atoms with van der Waals surface area (Å²) >= 11 is 0. The van der Waals surface area contributed by atoms with E-state index in [2.05, 4.69) is 9.97 Å². The van der Waals surface area contributed by atoms with Crippen LogP contribution in [0.2, 0.25) is 0 Å². The molecule has 1 aromatic heterocycles. The predicted octanol–water partition coefficient (Wildman–Crippen LogP) is -1.03. The van der Waals surface area contributed by atoms with Crippen LogP contribution in [0, 0.1) is 0 Å². The molecule has 32 heavy (non-hydrogen) atoms. The lowest BCUT2D eigenvalue weighted by Crippen LogP contribution is -2.63. The van der Waals surface area contributed by atoms with Gasteiger partial charge in [0.25, 0.3) is 5.91 Å². The summed E-state index contributed by atoms with van der Waals surface area (Å²) in [5.41, 5.74) is 5.05. The van der Waals surface area contributed by atoms with E-state index in [0.717, 1.165) is 34.0 Å². The second-order valence-corrected chi connectivity index (χ2v) is 6.63. The van der Waals surface area contributed by atoms with Gasteiger partial charge in [-0.25, -0.2) is 4.98 Å². The minimum absolute atomic E-state index is 0.210. The summed E-state index contributed by atoms with van der Waals surface area (Å²) in [7, 11) is 0. The highest BCUT2D eigenvalue weighted by Gasteiger charge is 2.53. The number of nitrogens with one attached hydrogen (secondary N) is 1. The molecule has 2 heterocycles. The lowest BCUT2D eigenvalue weighted by Gasteiger charge is -2.43. The molecule has 5 atom stereocenters. The summed E-state index contributed by atoms with van der Waals surface area (Å²) < 4.78 is 32.0. The zero-order chi connectivity index (χ0) is 24.0. The van der Waals surface area contributed by atoms with Gasteiger partial charge in [-0.15, -0.1) is 0 Å². The summed E-state index contributed by atoms with van der Waals surface area (Å²) in [5.74, 6) is -4.23. The van der Waals surface area contributed by atoms with E-state index in [0.29, 0.717) is 0 Å². The number of primary amides is 1. The van der Waals surface area contributed by atoms with Crippen molar-refractivity contribution in [3.05, 3.63) is 12.0 Å². The normalized spacial score (nSPS) is 24.7. The van der Waals surface area contributed by atoms with Gasteiger partial charge in [0, 0.05) is 27.7 Å². The number of esters is 4. The van der Waals surface area contributed by atoms with Gasteiger partial charge >= 0.3 is 23.9 Å². The molecule has 0 radical (unpaired) electrons. The third kappa shape index (κ3) is 6.41. The van der Waals surface area contributed by atoms with E-state index in [-0.39, 0.29) is 11.6 Å². The molecule has 1 amide bonds. The fourth-order valence-electron chi connectivity index (χ4n) is 2.94. The van der Waals surface area contributed by atoms with Crippen LogP contribution in [-0.4, -0.2) is 77.1 Å². The first kappa shape index (κ1) is 24.6. The van der Waals surface area contributed by atoms with Gasteiger partial charge in [0.15, 0.2) is 17.9 Å². The maximum absolute atomic E-state index is 11.8. The van der Waals surface area contributed by atoms with Crippen molar-refractivity contribution in [2.24, 2.45) is 5.73 Å². The summed E-state index contributed by atoms with van der Waals surface area (Å²) in [6.45, 7) is 3.98. The molecule has 3 N–H and O–H groups in total. The second kappa shape index (κ2) is 10.6. The standard InChI is InChI=1S/C18H23N3O11/c1-7(22)27-5-11-13(28-8(2)23)14(29-9(3)24)15(30-10(4)25)18(31-11)32-17-12(16(19)26)20-6-21-17/h6,11,13-15,18H,5H2,1-4H3,(H2,19,26)(H,20,21)/t11-,13+,14+,15-,18+/m1/s1. The number of aromatic amines is 1. The van der Waals surface area contributed by atoms with Gasteiger partial charge in [-0.1, -0.05) is 0 Å². The Kier molecular flexibility index (Phi) is 8.12. The van der Waals surface area contributed by atoms with E-state index >= 15 is 0 Å². The van der Waals surface area contributed by atoms with Gasteiger partial charge in [0.05, 0.1) is 6.33 Å². The first-order valence-corrected chi connectivity index (χ1v) is 9.29. The van der Waals surface area contributed by atoms with Crippen LogP contribution in [-0.2, 0) is 42.9 Å². The zero-order valence-corrected chi connectivity index (χ0v) is 17.7. The first-order valence-electron chi connectivity index (χ1n) is 9.29. The third-order valence-corrected chi connectivity index (χ3v) is 4.03. The maximum atomic E-state index is 11.8. The Morgan fingerprint density at radius 2 is 1.50 bits per heavy atom. The molecule has 14 nitrogen and oxygen atoms in total. The number of ether oxygens (including phenoxy) is 6. The quantitative estimate of drug-likeness (QED) is 0.356. The van der Waals surface area contributed by atoms with E-state index in [1.165, 1.54) is 0 Å². The van der Waals surface area contributed by atoms with Crippen LogP contribution in [0.15, 0.2) is 6.33 Å². The van der Waals surface area contributed by atoms with Gasteiger partial charge in [0.2, 0.25) is 18.3 Å². The molecule has 1 saturated heterocycles. The second-order valence-electron chi connectivity index (χ2n) is 6.63. The number of hydrogen-bond acceptors (Lipinski definition) is 12. The molecule has 0 bridgehead atoms. The molecule has 0 aromatic carbocycles. The van der Waals surface area contributed by atoms with Crippen molar-refractivity contribution in [1.29, 1.82) is 0 Å². The summed E-state index contributed by atoms with van der Waals surface area (Å²) in [5, 5.41) is 0. The average molecular weight is 457 g/mol. The van der Waals surface area contributed by atoms with Crippen molar-refractivity contribution in [2.75, 3.05) is 6.61 Å². The minimum Gasteiger partial charge on any atom is -0.463 e. The van der Waals surface area contributed by atoms with Crippen molar-refractivity contribution < 1.29 is 52.4 Å². The van der Waals surface area contributed by atoms with Crippen LogP contribution in [0.25, 0.3) is 0 Å². The molecular formula is C18H23N3O11. The summed E-state index contributed by atoms with van der Waals surface area (Å²) in [6, 6.07) is 0. The van der Waals surface area contributed by atoms with E-state index in [1.54, 1.807) is 0 Å². The first-order chi connectivity index (χ1) is 15.0. The molecule has 1 aliphatic rings. The number of amides is 1. The van der Waals surface area contributed by atoms with E-state index in [4.69, 9.17) is 34.2 Å². The lowest BCUT2D eigenvalue weighted by molar-refractivity contribution is -0.289. The molecule has 0 saturated carbocycles. The summed E-state index contributed by atoms with van der Waals surface area (Å²) in [6.07, 6.45) is -5.84. The number of hydrogen-bond donors (Lipinski definition) is 2. The minimum atomic E-state index is -1.53. The molecule has 176 valence electrons. The van der Waals surface area contributed by atoms with Crippen molar-refractivity contribution in [1.82, 2.24) is 9.97 Å². The number of aromatic nitrogens is 2. The Morgan fingerprint density at radius 1 is 0.938 bits per heavy atom. The molecule has 0 unspecified atom stereocenters. The van der Waals surface area contributed by atoms with Crippen LogP contribution >= 0.6 is 0 Å². The topological polar surface area (TPSA) is 195 Å². The van der Waals surface area contributed by atoms with Crippen LogP contribution in [0.5, 0.6) is 5.88 Å². The molecule has 14 heteroatoms. The molecule has 1 fully saturated rings. The summed E-state index contributed by atoms with van der Waals surface area (Å²) in [4.78, 5) is 64.4. The zero-order valence-electron chi connectivity index (χ0n) is 17.7. The molecule has 0 spiro atoms. The molecule has 2 rings (SSSR count). The SMILES string of the molecule is CC(=O)OC[C@H]1O[C@@H](Oc2nc[nH]c2C(N)=O)[C@H](OC(C)=O)[C@@H](OC(C)=O)[C@H]1OC(C)=O. The average Bonchev–Trinajstić information content (AvgIpc) is 3.12. The van der Waals surface area contributed by atoms with Crippen LogP contribution < -0.4 is 10.5 Å². The third-order valence-electron chi connectivity index (χ3n) is 4.03. The van der Waals surface area contributed by atoms with Crippen LogP contribution in [0.4, 0.5) is 0 Å². The predicted molar refractivity (Wildman–Crippen MR) is 99.7 cm³/mol. The van der Waals surface area contributed by atoms with E-state index in [9.17, 15) is 24.0 Å². The number of nitrogens with two attached hydrogens (primary N) is 1. The van der Waals surface area contributed by atoms with Crippen molar-refractivity contribution >= 4 is 29.8 Å². The largest absolute Gasteiger partial charge is 0.463 e.